The van der Waals surface area contributed by atoms with Gasteiger partial charge in [-0.05, 0) is 31.4 Å². The van der Waals surface area contributed by atoms with Crippen LogP contribution in [0.5, 0.6) is 0 Å². The molecule has 1 saturated carbocycles. The van der Waals surface area contributed by atoms with E-state index in [4.69, 9.17) is 5.11 Å². The van der Waals surface area contributed by atoms with Crippen LogP contribution < -0.4 is 5.32 Å². The summed E-state index contributed by atoms with van der Waals surface area (Å²) in [5.41, 5.74) is 1.02. The van der Waals surface area contributed by atoms with E-state index in [-0.39, 0.29) is 12.1 Å². The van der Waals surface area contributed by atoms with E-state index in [0.717, 1.165) is 36.1 Å². The Hall–Kier alpha value is -0.910. The Kier molecular flexibility index (Phi) is 4.37. The molecule has 1 aliphatic carbocycles. The van der Waals surface area contributed by atoms with Gasteiger partial charge in [-0.25, -0.2) is 4.79 Å². The zero-order chi connectivity index (χ0) is 13.1. The maximum absolute atomic E-state index is 10.9. The summed E-state index contributed by atoms with van der Waals surface area (Å²) in [5, 5.41) is 22.1. The first kappa shape index (κ1) is 13.5. The lowest BCUT2D eigenvalue weighted by atomic mass is 9.92. The Balaban J connectivity index is 1.95. The van der Waals surface area contributed by atoms with Gasteiger partial charge >= 0.3 is 5.97 Å². The van der Waals surface area contributed by atoms with Crippen LogP contribution in [0.3, 0.4) is 0 Å². The van der Waals surface area contributed by atoms with Crippen LogP contribution in [0, 0.1) is 6.92 Å². The molecule has 1 aliphatic rings. The van der Waals surface area contributed by atoms with Gasteiger partial charge in [0.15, 0.2) is 0 Å². The summed E-state index contributed by atoms with van der Waals surface area (Å²) < 4.78 is 0. The Labute approximate surface area is 111 Å². The van der Waals surface area contributed by atoms with Crippen LogP contribution in [-0.4, -0.2) is 28.3 Å². The van der Waals surface area contributed by atoms with Gasteiger partial charge in [0.2, 0.25) is 0 Å². The molecule has 2 rings (SSSR count). The molecule has 100 valence electrons. The maximum Gasteiger partial charge on any atom is 0.345 e. The van der Waals surface area contributed by atoms with Crippen LogP contribution in [0.25, 0.3) is 0 Å². The highest BCUT2D eigenvalue weighted by molar-refractivity contribution is 7.14. The minimum atomic E-state index is -0.868. The van der Waals surface area contributed by atoms with Crippen molar-refractivity contribution in [1.82, 2.24) is 5.32 Å². The second-order valence-electron chi connectivity index (χ2n) is 4.84. The van der Waals surface area contributed by atoms with E-state index in [1.54, 1.807) is 6.07 Å². The lowest BCUT2D eigenvalue weighted by Crippen LogP contribution is -2.41. The Morgan fingerprint density at radius 2 is 2.22 bits per heavy atom. The van der Waals surface area contributed by atoms with E-state index < -0.39 is 5.97 Å². The fourth-order valence-corrected chi connectivity index (χ4v) is 3.27. The fourth-order valence-electron chi connectivity index (χ4n) is 2.39. The monoisotopic (exact) mass is 269 g/mol. The molecule has 2 atom stereocenters. The molecule has 18 heavy (non-hydrogen) atoms. The van der Waals surface area contributed by atoms with Gasteiger partial charge in [-0.2, -0.15) is 0 Å². The van der Waals surface area contributed by atoms with E-state index in [0.29, 0.717) is 11.4 Å². The van der Waals surface area contributed by atoms with Gasteiger partial charge in [-0.3, -0.25) is 0 Å². The van der Waals surface area contributed by atoms with Crippen molar-refractivity contribution in [2.75, 3.05) is 0 Å². The molecule has 4 nitrogen and oxygen atoms in total. The lowest BCUT2D eigenvalue weighted by molar-refractivity contribution is 0.0701. The Morgan fingerprint density at radius 1 is 1.50 bits per heavy atom. The number of aliphatic hydroxyl groups excluding tert-OH is 1. The topological polar surface area (TPSA) is 69.6 Å². The zero-order valence-electron chi connectivity index (χ0n) is 10.5. The van der Waals surface area contributed by atoms with Crippen molar-refractivity contribution in [3.63, 3.8) is 0 Å². The summed E-state index contributed by atoms with van der Waals surface area (Å²) in [6.45, 7) is 2.57. The standard InChI is InChI=1S/C13H19NO3S/c1-8-9(6-12(18-8)13(16)17)7-14-10-4-2-3-5-11(10)15/h6,10-11,14-15H,2-5,7H2,1H3,(H,16,17). The maximum atomic E-state index is 10.9. The number of carboxylic acids is 1. The highest BCUT2D eigenvalue weighted by atomic mass is 32.1. The molecule has 0 aromatic carbocycles. The summed E-state index contributed by atoms with van der Waals surface area (Å²) in [6.07, 6.45) is 3.84. The van der Waals surface area contributed by atoms with E-state index in [1.165, 1.54) is 11.3 Å². The first-order valence-electron chi connectivity index (χ1n) is 6.32. The SMILES string of the molecule is Cc1sc(C(=O)O)cc1CNC1CCCCC1O. The van der Waals surface area contributed by atoms with Crippen LogP contribution in [0.1, 0.15) is 45.8 Å². The first-order chi connectivity index (χ1) is 8.58. The van der Waals surface area contributed by atoms with E-state index in [1.807, 2.05) is 6.92 Å². The molecule has 0 saturated heterocycles. The van der Waals surface area contributed by atoms with Gasteiger partial charge in [-0.1, -0.05) is 12.8 Å². The molecule has 1 aromatic rings. The molecule has 1 aromatic heterocycles. The predicted octanol–water partition coefficient (Wildman–Crippen LogP) is 2.15. The third kappa shape index (κ3) is 3.10. The number of hydrogen-bond donors (Lipinski definition) is 3. The molecule has 3 N–H and O–H groups in total. The molecule has 5 heteroatoms. The molecule has 1 heterocycles. The van der Waals surface area contributed by atoms with Crippen LogP contribution >= 0.6 is 11.3 Å². The molecule has 0 radical (unpaired) electrons. The number of nitrogens with one attached hydrogen (secondary N) is 1. The van der Waals surface area contributed by atoms with Crippen LogP contribution in [-0.2, 0) is 6.54 Å². The van der Waals surface area contributed by atoms with Gasteiger partial charge in [-0.15, -0.1) is 11.3 Å². The summed E-state index contributed by atoms with van der Waals surface area (Å²) in [7, 11) is 0. The molecular formula is C13H19NO3S. The number of rotatable bonds is 4. The molecule has 0 amide bonds. The number of aliphatic hydroxyl groups is 1. The number of aryl methyl sites for hydroxylation is 1. The van der Waals surface area contributed by atoms with Crippen LogP contribution in [0.15, 0.2) is 6.07 Å². The van der Waals surface area contributed by atoms with Crippen molar-refractivity contribution in [3.05, 3.63) is 21.4 Å². The molecule has 0 spiro atoms. The van der Waals surface area contributed by atoms with Crippen molar-refractivity contribution in [3.8, 4) is 0 Å². The highest BCUT2D eigenvalue weighted by Gasteiger charge is 2.22. The second kappa shape index (κ2) is 5.82. The van der Waals surface area contributed by atoms with Crippen LogP contribution in [0.4, 0.5) is 0 Å². The number of thiophene rings is 1. The summed E-state index contributed by atoms with van der Waals surface area (Å²) >= 11 is 1.31. The predicted molar refractivity (Wildman–Crippen MR) is 71.1 cm³/mol. The largest absolute Gasteiger partial charge is 0.477 e. The molecule has 0 bridgehead atoms. The average molecular weight is 269 g/mol. The van der Waals surface area contributed by atoms with Crippen molar-refractivity contribution in [2.24, 2.45) is 0 Å². The first-order valence-corrected chi connectivity index (χ1v) is 7.13. The quantitative estimate of drug-likeness (QED) is 0.783. The molecule has 0 aliphatic heterocycles. The summed E-state index contributed by atoms with van der Waals surface area (Å²) in [4.78, 5) is 12.3. The van der Waals surface area contributed by atoms with Crippen molar-refractivity contribution >= 4 is 17.3 Å². The van der Waals surface area contributed by atoms with Crippen molar-refractivity contribution < 1.29 is 15.0 Å². The molecular weight excluding hydrogens is 250 g/mol. The van der Waals surface area contributed by atoms with Crippen LogP contribution in [0.2, 0.25) is 0 Å². The third-order valence-corrected chi connectivity index (χ3v) is 4.60. The lowest BCUT2D eigenvalue weighted by Gasteiger charge is -2.28. The van der Waals surface area contributed by atoms with E-state index in [9.17, 15) is 9.90 Å². The van der Waals surface area contributed by atoms with Gasteiger partial charge in [0.25, 0.3) is 0 Å². The summed E-state index contributed by atoms with van der Waals surface area (Å²) in [5.74, 6) is -0.868. The third-order valence-electron chi connectivity index (χ3n) is 3.52. The Bertz CT molecular complexity index is 430. The normalized spacial score (nSPS) is 24.1. The average Bonchev–Trinajstić information content (AvgIpc) is 2.70. The van der Waals surface area contributed by atoms with Gasteiger partial charge in [0.1, 0.15) is 4.88 Å². The minimum absolute atomic E-state index is 0.145. The second-order valence-corrected chi connectivity index (χ2v) is 6.09. The van der Waals surface area contributed by atoms with E-state index in [2.05, 4.69) is 5.32 Å². The minimum Gasteiger partial charge on any atom is -0.477 e. The van der Waals surface area contributed by atoms with Gasteiger partial charge in [0, 0.05) is 17.5 Å². The highest BCUT2D eigenvalue weighted by Crippen LogP contribution is 2.23. The van der Waals surface area contributed by atoms with Crippen molar-refractivity contribution in [2.45, 2.75) is 51.3 Å². The molecule has 1 fully saturated rings. The number of aromatic carboxylic acids is 1. The smallest absolute Gasteiger partial charge is 0.345 e. The number of hydrogen-bond acceptors (Lipinski definition) is 4. The molecule has 2 unspecified atom stereocenters. The van der Waals surface area contributed by atoms with Crippen molar-refractivity contribution in [1.29, 1.82) is 0 Å². The number of carboxylic acid groups (broad SMARTS) is 1. The zero-order valence-corrected chi connectivity index (χ0v) is 11.3. The van der Waals surface area contributed by atoms with Gasteiger partial charge in [0.05, 0.1) is 6.10 Å². The van der Waals surface area contributed by atoms with E-state index >= 15 is 0 Å². The Morgan fingerprint density at radius 3 is 2.83 bits per heavy atom. The summed E-state index contributed by atoms with van der Waals surface area (Å²) in [6, 6.07) is 1.87. The van der Waals surface area contributed by atoms with Gasteiger partial charge < -0.3 is 15.5 Å². The fraction of sp³-hybridized carbons (Fsp3) is 0.615. The number of carbonyl (C=O) groups is 1.